The molecule has 4 aromatic rings. The van der Waals surface area contributed by atoms with Gasteiger partial charge in [0, 0.05) is 11.6 Å². The zero-order chi connectivity index (χ0) is 17.4. The fourth-order valence-electron chi connectivity index (χ4n) is 2.88. The molecule has 0 aliphatic rings. The molecule has 0 fully saturated rings. The summed E-state index contributed by atoms with van der Waals surface area (Å²) in [5.74, 6) is 0.792. The molecule has 126 valence electrons. The number of nitrogens with one attached hydrogen (secondary N) is 1. The Morgan fingerprint density at radius 3 is 2.80 bits per heavy atom. The molecule has 0 unspecified atom stereocenters. The summed E-state index contributed by atoms with van der Waals surface area (Å²) in [6, 6.07) is 12.0. The first-order valence-corrected chi connectivity index (χ1v) is 8.85. The lowest BCUT2D eigenvalue weighted by Gasteiger charge is -2.08. The Balaban J connectivity index is 1.71. The van der Waals surface area contributed by atoms with E-state index in [2.05, 4.69) is 33.8 Å². The van der Waals surface area contributed by atoms with Gasteiger partial charge >= 0.3 is 0 Å². The fourth-order valence-corrected chi connectivity index (χ4v) is 3.58. The van der Waals surface area contributed by atoms with Crippen LogP contribution in [0.2, 0.25) is 0 Å². The number of imidazole rings is 1. The van der Waals surface area contributed by atoms with Crippen molar-refractivity contribution in [1.29, 1.82) is 0 Å². The van der Waals surface area contributed by atoms with Crippen molar-refractivity contribution in [3.63, 3.8) is 0 Å². The number of aryl methyl sites for hydroxylation is 2. The van der Waals surface area contributed by atoms with Crippen LogP contribution in [0.3, 0.4) is 0 Å². The van der Waals surface area contributed by atoms with Gasteiger partial charge in [-0.15, -0.1) is 11.3 Å². The van der Waals surface area contributed by atoms with Gasteiger partial charge in [-0.2, -0.15) is 0 Å². The Bertz CT molecular complexity index is 1050. The van der Waals surface area contributed by atoms with Gasteiger partial charge < -0.3 is 10.1 Å². The van der Waals surface area contributed by atoms with Gasteiger partial charge in [-0.05, 0) is 43.7 Å². The van der Waals surface area contributed by atoms with E-state index in [1.807, 2.05) is 42.8 Å². The van der Waals surface area contributed by atoms with E-state index in [1.54, 1.807) is 18.4 Å². The third-order valence-electron chi connectivity index (χ3n) is 4.05. The Morgan fingerprint density at radius 1 is 1.12 bits per heavy atom. The Morgan fingerprint density at radius 2 is 1.96 bits per heavy atom. The number of hydrogen-bond donors (Lipinski definition) is 1. The van der Waals surface area contributed by atoms with Crippen LogP contribution in [0.1, 0.15) is 11.3 Å². The minimum Gasteiger partial charge on any atom is -0.495 e. The van der Waals surface area contributed by atoms with E-state index in [0.29, 0.717) is 0 Å². The van der Waals surface area contributed by atoms with Crippen LogP contribution >= 0.6 is 11.3 Å². The fraction of sp³-hybridized carbons (Fsp3) is 0.158. The van der Waals surface area contributed by atoms with Gasteiger partial charge in [-0.1, -0.05) is 12.1 Å². The number of aromatic nitrogens is 3. The number of fused-ring (bicyclic) bond motifs is 1. The highest BCUT2D eigenvalue weighted by Gasteiger charge is 2.15. The van der Waals surface area contributed by atoms with Crippen molar-refractivity contribution in [2.45, 2.75) is 13.8 Å². The van der Waals surface area contributed by atoms with E-state index in [0.717, 1.165) is 39.3 Å². The lowest BCUT2D eigenvalue weighted by molar-refractivity contribution is 0.417. The first-order chi connectivity index (χ1) is 12.2. The molecule has 0 amide bonds. The molecule has 0 bridgehead atoms. The van der Waals surface area contributed by atoms with Crippen LogP contribution in [-0.2, 0) is 0 Å². The Hall–Kier alpha value is -2.86. The molecule has 6 heteroatoms. The van der Waals surface area contributed by atoms with Gasteiger partial charge in [0.2, 0.25) is 0 Å². The van der Waals surface area contributed by atoms with E-state index >= 15 is 0 Å². The van der Waals surface area contributed by atoms with Crippen molar-refractivity contribution >= 4 is 27.8 Å². The second-order valence-electron chi connectivity index (χ2n) is 5.84. The largest absolute Gasteiger partial charge is 0.495 e. The smallest absolute Gasteiger partial charge is 0.187 e. The summed E-state index contributed by atoms with van der Waals surface area (Å²) in [4.78, 5) is 9.41. The highest BCUT2D eigenvalue weighted by atomic mass is 32.1. The van der Waals surface area contributed by atoms with Gasteiger partial charge in [-0.25, -0.2) is 9.97 Å². The van der Waals surface area contributed by atoms with Crippen LogP contribution in [0, 0.1) is 13.8 Å². The number of nitrogens with zero attached hydrogens (tertiary/aromatic N) is 3. The molecule has 0 atom stereocenters. The monoisotopic (exact) mass is 350 g/mol. The third kappa shape index (κ3) is 2.85. The molecule has 1 aromatic carbocycles. The number of thiazole rings is 1. The average molecular weight is 350 g/mol. The summed E-state index contributed by atoms with van der Waals surface area (Å²) in [5.41, 5.74) is 5.95. The standard InChI is InChI=1S/C19H18N4OS/c1-12-8-9-23-17(10-12)20-13(2)18(23)15-11-25-19(22-15)21-14-6-4-5-7-16(14)24-3/h4-11H,1-3H3,(H,21,22). The zero-order valence-corrected chi connectivity index (χ0v) is 15.1. The molecular weight excluding hydrogens is 332 g/mol. The van der Waals surface area contributed by atoms with Crippen LogP contribution in [-0.4, -0.2) is 21.5 Å². The lowest BCUT2D eigenvalue weighted by Crippen LogP contribution is -1.94. The van der Waals surface area contributed by atoms with Crippen LogP contribution in [0.15, 0.2) is 48.0 Å². The van der Waals surface area contributed by atoms with Crippen molar-refractivity contribution in [2.24, 2.45) is 0 Å². The molecule has 0 saturated heterocycles. The number of para-hydroxylation sites is 2. The number of hydrogen-bond acceptors (Lipinski definition) is 5. The Kier molecular flexibility index (Phi) is 3.89. The predicted molar refractivity (Wildman–Crippen MR) is 102 cm³/mol. The van der Waals surface area contributed by atoms with Crippen LogP contribution in [0.4, 0.5) is 10.8 Å². The first-order valence-electron chi connectivity index (χ1n) is 7.97. The minimum atomic E-state index is 0.792. The van der Waals surface area contributed by atoms with E-state index in [-0.39, 0.29) is 0 Å². The second kappa shape index (κ2) is 6.22. The van der Waals surface area contributed by atoms with Crippen molar-refractivity contribution in [3.8, 4) is 17.1 Å². The highest BCUT2D eigenvalue weighted by Crippen LogP contribution is 2.32. The predicted octanol–water partition coefficient (Wildman–Crippen LogP) is 4.83. The summed E-state index contributed by atoms with van der Waals surface area (Å²) in [6.45, 7) is 4.09. The number of ether oxygens (including phenoxy) is 1. The zero-order valence-electron chi connectivity index (χ0n) is 14.3. The molecule has 3 aromatic heterocycles. The number of benzene rings is 1. The summed E-state index contributed by atoms with van der Waals surface area (Å²) in [7, 11) is 1.66. The summed E-state index contributed by atoms with van der Waals surface area (Å²) in [6.07, 6.45) is 2.05. The number of methoxy groups -OCH3 is 1. The van der Waals surface area contributed by atoms with Gasteiger partial charge in [0.25, 0.3) is 0 Å². The quantitative estimate of drug-likeness (QED) is 0.573. The second-order valence-corrected chi connectivity index (χ2v) is 6.70. The normalized spacial score (nSPS) is 11.0. The SMILES string of the molecule is COc1ccccc1Nc1nc(-c2c(C)nc3cc(C)ccn23)cs1. The first kappa shape index (κ1) is 15.7. The summed E-state index contributed by atoms with van der Waals surface area (Å²) < 4.78 is 7.47. The van der Waals surface area contributed by atoms with Gasteiger partial charge in [0.05, 0.1) is 24.2 Å². The van der Waals surface area contributed by atoms with Crippen molar-refractivity contribution in [2.75, 3.05) is 12.4 Å². The maximum Gasteiger partial charge on any atom is 0.187 e. The molecule has 0 aliphatic carbocycles. The molecule has 0 spiro atoms. The maximum atomic E-state index is 5.38. The molecule has 0 radical (unpaired) electrons. The van der Waals surface area contributed by atoms with Crippen molar-refractivity contribution in [1.82, 2.24) is 14.4 Å². The Labute approximate surface area is 150 Å². The minimum absolute atomic E-state index is 0.792. The van der Waals surface area contributed by atoms with Crippen LogP contribution in [0.25, 0.3) is 17.0 Å². The van der Waals surface area contributed by atoms with Crippen LogP contribution in [0.5, 0.6) is 5.75 Å². The van der Waals surface area contributed by atoms with Gasteiger partial charge in [0.15, 0.2) is 5.13 Å². The average Bonchev–Trinajstić information content (AvgIpc) is 3.18. The number of rotatable bonds is 4. The van der Waals surface area contributed by atoms with Crippen LogP contribution < -0.4 is 10.1 Å². The molecule has 5 nitrogen and oxygen atoms in total. The molecule has 3 heterocycles. The van der Waals surface area contributed by atoms with Crippen molar-refractivity contribution in [3.05, 3.63) is 59.2 Å². The van der Waals surface area contributed by atoms with E-state index < -0.39 is 0 Å². The summed E-state index contributed by atoms with van der Waals surface area (Å²) >= 11 is 1.56. The van der Waals surface area contributed by atoms with Gasteiger partial charge in [0.1, 0.15) is 17.1 Å². The molecule has 1 N–H and O–H groups in total. The molecule has 25 heavy (non-hydrogen) atoms. The van der Waals surface area contributed by atoms with Crippen molar-refractivity contribution < 1.29 is 4.74 Å². The molecule has 0 aliphatic heterocycles. The van der Waals surface area contributed by atoms with E-state index in [9.17, 15) is 0 Å². The van der Waals surface area contributed by atoms with Gasteiger partial charge in [-0.3, -0.25) is 4.40 Å². The number of anilines is 2. The topological polar surface area (TPSA) is 51.5 Å². The number of pyridine rings is 1. The molecule has 0 saturated carbocycles. The molecular formula is C19H18N4OS. The maximum absolute atomic E-state index is 5.38. The third-order valence-corrected chi connectivity index (χ3v) is 4.81. The van der Waals surface area contributed by atoms with E-state index in [1.165, 1.54) is 5.56 Å². The lowest BCUT2D eigenvalue weighted by atomic mass is 10.2. The molecule has 4 rings (SSSR count). The summed E-state index contributed by atoms with van der Waals surface area (Å²) in [5, 5.41) is 6.21. The van der Waals surface area contributed by atoms with E-state index in [4.69, 9.17) is 9.72 Å². The highest BCUT2D eigenvalue weighted by molar-refractivity contribution is 7.14.